The van der Waals surface area contributed by atoms with Gasteiger partial charge in [0.2, 0.25) is 0 Å². The fraction of sp³-hybridized carbons (Fsp3) is 0.381. The predicted octanol–water partition coefficient (Wildman–Crippen LogP) is 8.59. The van der Waals surface area contributed by atoms with Crippen LogP contribution in [-0.2, 0) is 29.8 Å². The SMILES string of the molecule is CC.FC(F)(F)c1cc(C2CC(Cc3cc(C(F)(F)F)ccc3Br)=NO2)cc(C(F)(F)F)c1. The number of hydrogen-bond donors (Lipinski definition) is 0. The summed E-state index contributed by atoms with van der Waals surface area (Å²) in [6, 6.07) is 4.02. The molecule has 0 bridgehead atoms. The molecule has 0 amide bonds. The quantitative estimate of drug-likeness (QED) is 0.351. The first-order valence-corrected chi connectivity index (χ1v) is 10.3. The molecule has 0 N–H and O–H groups in total. The second kappa shape index (κ2) is 9.94. The molecule has 33 heavy (non-hydrogen) atoms. The Hall–Kier alpha value is -2.24. The van der Waals surface area contributed by atoms with Crippen LogP contribution in [0.1, 0.15) is 54.2 Å². The number of hydrogen-bond acceptors (Lipinski definition) is 2. The summed E-state index contributed by atoms with van der Waals surface area (Å²) in [7, 11) is 0. The minimum atomic E-state index is -5.01. The molecule has 1 atom stereocenters. The second-order valence-electron chi connectivity index (χ2n) is 6.78. The maximum atomic E-state index is 13.0. The maximum absolute atomic E-state index is 13.0. The van der Waals surface area contributed by atoms with E-state index in [4.69, 9.17) is 4.84 Å². The van der Waals surface area contributed by atoms with Crippen LogP contribution in [0.25, 0.3) is 0 Å². The average molecular weight is 550 g/mol. The number of oxime groups is 1. The molecule has 2 nitrogen and oxygen atoms in total. The van der Waals surface area contributed by atoms with Crippen molar-refractivity contribution in [3.8, 4) is 0 Å². The highest BCUT2D eigenvalue weighted by molar-refractivity contribution is 9.10. The van der Waals surface area contributed by atoms with E-state index in [2.05, 4.69) is 21.1 Å². The molecule has 0 fully saturated rings. The molecule has 1 unspecified atom stereocenters. The van der Waals surface area contributed by atoms with Crippen LogP contribution >= 0.6 is 15.9 Å². The summed E-state index contributed by atoms with van der Waals surface area (Å²) in [6.07, 6.45) is -16.2. The first kappa shape index (κ1) is 27.0. The van der Waals surface area contributed by atoms with Gasteiger partial charge in [0.05, 0.1) is 22.4 Å². The highest BCUT2D eigenvalue weighted by atomic mass is 79.9. The molecule has 2 aromatic carbocycles. The van der Waals surface area contributed by atoms with Gasteiger partial charge in [0.15, 0.2) is 6.10 Å². The smallest absolute Gasteiger partial charge is 0.387 e. The van der Waals surface area contributed by atoms with Crippen molar-refractivity contribution in [1.82, 2.24) is 0 Å². The molecule has 2 aromatic rings. The van der Waals surface area contributed by atoms with Crippen molar-refractivity contribution >= 4 is 21.6 Å². The van der Waals surface area contributed by atoms with E-state index < -0.39 is 41.3 Å². The van der Waals surface area contributed by atoms with Gasteiger partial charge in [-0.1, -0.05) is 34.9 Å². The number of nitrogens with zero attached hydrogens (tertiary/aromatic N) is 1. The van der Waals surface area contributed by atoms with Crippen LogP contribution in [-0.4, -0.2) is 5.71 Å². The Morgan fingerprint density at radius 3 is 1.82 bits per heavy atom. The van der Waals surface area contributed by atoms with Crippen LogP contribution < -0.4 is 0 Å². The molecule has 1 aliphatic heterocycles. The normalized spacial score (nSPS) is 16.6. The van der Waals surface area contributed by atoms with Gasteiger partial charge in [-0.25, -0.2) is 0 Å². The molecule has 3 rings (SSSR count). The average Bonchev–Trinajstić information content (AvgIpc) is 3.17. The van der Waals surface area contributed by atoms with Crippen molar-refractivity contribution in [1.29, 1.82) is 0 Å². The number of rotatable bonds is 3. The van der Waals surface area contributed by atoms with Crippen molar-refractivity contribution in [3.05, 3.63) is 68.7 Å². The molecular formula is C21H17BrF9NO. The van der Waals surface area contributed by atoms with E-state index in [1.165, 1.54) is 6.07 Å². The zero-order valence-electron chi connectivity index (χ0n) is 17.1. The van der Waals surface area contributed by atoms with Gasteiger partial charge < -0.3 is 4.84 Å². The van der Waals surface area contributed by atoms with Crippen molar-refractivity contribution in [2.75, 3.05) is 0 Å². The molecule has 1 aliphatic rings. The highest BCUT2D eigenvalue weighted by Crippen LogP contribution is 2.40. The molecular weight excluding hydrogens is 533 g/mol. The van der Waals surface area contributed by atoms with E-state index in [1.54, 1.807) is 0 Å². The van der Waals surface area contributed by atoms with E-state index in [1.807, 2.05) is 13.8 Å². The van der Waals surface area contributed by atoms with Gasteiger partial charge >= 0.3 is 18.5 Å². The zero-order chi connectivity index (χ0) is 25.2. The summed E-state index contributed by atoms with van der Waals surface area (Å²) in [4.78, 5) is 5.01. The van der Waals surface area contributed by atoms with E-state index in [9.17, 15) is 39.5 Å². The van der Waals surface area contributed by atoms with Gasteiger partial charge in [0, 0.05) is 17.3 Å². The Labute approximate surface area is 191 Å². The number of alkyl halides is 9. The van der Waals surface area contributed by atoms with Gasteiger partial charge in [-0.2, -0.15) is 39.5 Å². The summed E-state index contributed by atoms with van der Waals surface area (Å²) in [5.74, 6) is 0. The number of benzene rings is 2. The lowest BCUT2D eigenvalue weighted by Crippen LogP contribution is -2.13. The minimum Gasteiger partial charge on any atom is -0.387 e. The first-order valence-electron chi connectivity index (χ1n) is 9.51. The van der Waals surface area contributed by atoms with Crippen LogP contribution in [0.3, 0.4) is 0 Å². The highest BCUT2D eigenvalue weighted by Gasteiger charge is 2.38. The Bertz CT molecular complexity index is 978. The second-order valence-corrected chi connectivity index (χ2v) is 7.63. The van der Waals surface area contributed by atoms with Gasteiger partial charge in [-0.15, -0.1) is 0 Å². The predicted molar refractivity (Wildman–Crippen MR) is 107 cm³/mol. The third-order valence-corrected chi connectivity index (χ3v) is 5.25. The molecule has 0 aliphatic carbocycles. The molecule has 1 heterocycles. The Kier molecular flexibility index (Phi) is 8.14. The lowest BCUT2D eigenvalue weighted by molar-refractivity contribution is -0.143. The zero-order valence-corrected chi connectivity index (χ0v) is 18.7. The lowest BCUT2D eigenvalue weighted by Gasteiger charge is -2.16. The Morgan fingerprint density at radius 1 is 0.818 bits per heavy atom. The Morgan fingerprint density at radius 2 is 1.33 bits per heavy atom. The van der Waals surface area contributed by atoms with E-state index >= 15 is 0 Å². The molecule has 182 valence electrons. The molecule has 12 heteroatoms. The largest absolute Gasteiger partial charge is 0.416 e. The van der Waals surface area contributed by atoms with Crippen molar-refractivity contribution < 1.29 is 44.4 Å². The van der Waals surface area contributed by atoms with Crippen molar-refractivity contribution in [2.24, 2.45) is 5.16 Å². The van der Waals surface area contributed by atoms with Crippen LogP contribution in [0.4, 0.5) is 39.5 Å². The number of halogens is 10. The summed E-state index contributed by atoms with van der Waals surface area (Å²) < 4.78 is 117. The summed E-state index contributed by atoms with van der Waals surface area (Å²) in [5.41, 5.74) is -3.91. The molecule has 0 spiro atoms. The van der Waals surface area contributed by atoms with Crippen molar-refractivity contribution in [2.45, 2.75) is 51.3 Å². The monoisotopic (exact) mass is 549 g/mol. The van der Waals surface area contributed by atoms with Crippen LogP contribution in [0, 0.1) is 0 Å². The summed E-state index contributed by atoms with van der Waals surface area (Å²) in [5, 5.41) is 3.66. The van der Waals surface area contributed by atoms with Gasteiger partial charge in [0.25, 0.3) is 0 Å². The third kappa shape index (κ3) is 6.87. The first-order chi connectivity index (χ1) is 15.1. The molecule has 0 saturated carbocycles. The van der Waals surface area contributed by atoms with Gasteiger partial charge in [-0.3, -0.25) is 0 Å². The lowest BCUT2D eigenvalue weighted by atomic mass is 9.96. The van der Waals surface area contributed by atoms with Gasteiger partial charge in [-0.05, 0) is 47.5 Å². The fourth-order valence-electron chi connectivity index (χ4n) is 2.98. The fourth-order valence-corrected chi connectivity index (χ4v) is 3.37. The molecule has 0 radical (unpaired) electrons. The molecule has 0 saturated heterocycles. The van der Waals surface area contributed by atoms with E-state index in [0.717, 1.165) is 12.1 Å². The van der Waals surface area contributed by atoms with Crippen LogP contribution in [0.5, 0.6) is 0 Å². The van der Waals surface area contributed by atoms with E-state index in [0.29, 0.717) is 16.6 Å². The van der Waals surface area contributed by atoms with E-state index in [-0.39, 0.29) is 35.7 Å². The summed E-state index contributed by atoms with van der Waals surface area (Å²) in [6.45, 7) is 4.00. The summed E-state index contributed by atoms with van der Waals surface area (Å²) >= 11 is 3.11. The maximum Gasteiger partial charge on any atom is 0.416 e. The van der Waals surface area contributed by atoms with Gasteiger partial charge in [0.1, 0.15) is 0 Å². The molecule has 0 aromatic heterocycles. The third-order valence-electron chi connectivity index (χ3n) is 4.48. The topological polar surface area (TPSA) is 21.6 Å². The van der Waals surface area contributed by atoms with Crippen molar-refractivity contribution in [3.63, 3.8) is 0 Å². The van der Waals surface area contributed by atoms with Crippen LogP contribution in [0.15, 0.2) is 46.0 Å². The van der Waals surface area contributed by atoms with Crippen LogP contribution in [0.2, 0.25) is 0 Å². The minimum absolute atomic E-state index is 0.0000329. The standard InChI is InChI=1S/C19H11BrF9NO.C2H6/c20-15-2-1-11(17(21,22)23)3-9(15)6-14-8-16(31-30-14)10-4-12(18(24,25)26)7-13(5-10)19(27,28)29;1-2/h1-5,7,16H,6,8H2;1-2H3. The Balaban J connectivity index is 0.00000187.